The number of aromatic nitrogens is 1. The lowest BCUT2D eigenvalue weighted by Gasteiger charge is -2.32. The number of likely N-dealkylation sites (tertiary alicyclic amines) is 1. The van der Waals surface area contributed by atoms with Crippen molar-refractivity contribution in [3.8, 4) is 0 Å². The summed E-state index contributed by atoms with van der Waals surface area (Å²) < 4.78 is 34.3. The first-order valence-corrected chi connectivity index (χ1v) is 14.2. The molecule has 3 aromatic rings. The van der Waals surface area contributed by atoms with Gasteiger partial charge >= 0.3 is 5.76 Å². The van der Waals surface area contributed by atoms with Crippen molar-refractivity contribution >= 4 is 27.0 Å². The predicted molar refractivity (Wildman–Crippen MR) is 137 cm³/mol. The standard InChI is InChI=1S/C27H33N3O5S/c1-20-9-15-29(16-10-20)36(33,34)23-7-8-24-25(18-23)35-27(32)30(24)19-26(31)28-13-11-22(12-14-28)17-21-5-3-2-4-6-21/h2-8,18,20,22H,9-17,19H2,1H3. The van der Waals surface area contributed by atoms with Crippen LogP contribution in [-0.4, -0.2) is 54.3 Å². The Labute approximate surface area is 211 Å². The molecule has 192 valence electrons. The smallest absolute Gasteiger partial charge is 0.408 e. The van der Waals surface area contributed by atoms with E-state index in [0.717, 1.165) is 32.1 Å². The van der Waals surface area contributed by atoms with Gasteiger partial charge in [-0.15, -0.1) is 0 Å². The van der Waals surface area contributed by atoms with Gasteiger partial charge in [0.25, 0.3) is 0 Å². The number of hydrogen-bond acceptors (Lipinski definition) is 5. The molecule has 5 rings (SSSR count). The van der Waals surface area contributed by atoms with Crippen molar-refractivity contribution < 1.29 is 17.6 Å². The van der Waals surface area contributed by atoms with E-state index in [-0.39, 0.29) is 22.9 Å². The summed E-state index contributed by atoms with van der Waals surface area (Å²) in [7, 11) is -3.66. The van der Waals surface area contributed by atoms with Crippen molar-refractivity contribution in [3.05, 3.63) is 64.6 Å². The molecular weight excluding hydrogens is 478 g/mol. The number of hydrogen-bond donors (Lipinski definition) is 0. The minimum atomic E-state index is -3.66. The van der Waals surface area contributed by atoms with E-state index in [2.05, 4.69) is 19.1 Å². The van der Waals surface area contributed by atoms with Crippen molar-refractivity contribution in [3.63, 3.8) is 0 Å². The lowest BCUT2D eigenvalue weighted by molar-refractivity contribution is -0.133. The Morgan fingerprint density at radius 1 is 0.972 bits per heavy atom. The number of amides is 1. The minimum Gasteiger partial charge on any atom is -0.408 e. The highest BCUT2D eigenvalue weighted by atomic mass is 32.2. The van der Waals surface area contributed by atoms with Crippen LogP contribution in [-0.2, 0) is 27.8 Å². The van der Waals surface area contributed by atoms with Crippen molar-refractivity contribution in [1.82, 2.24) is 13.8 Å². The Kier molecular flexibility index (Phi) is 7.03. The molecule has 0 bridgehead atoms. The van der Waals surface area contributed by atoms with Gasteiger partial charge in [-0.05, 0) is 61.6 Å². The second-order valence-electron chi connectivity index (χ2n) is 10.2. The molecule has 0 spiro atoms. The number of fused-ring (bicyclic) bond motifs is 1. The van der Waals surface area contributed by atoms with Crippen LogP contribution in [0.1, 0.15) is 38.2 Å². The molecule has 0 radical (unpaired) electrons. The summed E-state index contributed by atoms with van der Waals surface area (Å²) in [5.74, 6) is 0.270. The van der Waals surface area contributed by atoms with Crippen molar-refractivity contribution in [2.24, 2.45) is 11.8 Å². The molecule has 2 saturated heterocycles. The van der Waals surface area contributed by atoms with Crippen LogP contribution in [0.4, 0.5) is 0 Å². The number of nitrogens with zero attached hydrogens (tertiary/aromatic N) is 3. The highest BCUT2D eigenvalue weighted by Gasteiger charge is 2.29. The van der Waals surface area contributed by atoms with E-state index in [4.69, 9.17) is 4.42 Å². The first-order chi connectivity index (χ1) is 17.3. The van der Waals surface area contributed by atoms with Crippen LogP contribution >= 0.6 is 0 Å². The SMILES string of the molecule is CC1CCN(S(=O)(=O)c2ccc3c(c2)oc(=O)n3CC(=O)N2CCC(Cc3ccccc3)CC2)CC1. The average molecular weight is 512 g/mol. The average Bonchev–Trinajstić information content (AvgIpc) is 3.19. The fourth-order valence-corrected chi connectivity index (χ4v) is 6.79. The second kappa shape index (κ2) is 10.2. The third-order valence-electron chi connectivity index (χ3n) is 7.65. The van der Waals surface area contributed by atoms with Gasteiger partial charge in [0.1, 0.15) is 6.54 Å². The first-order valence-electron chi connectivity index (χ1n) is 12.8. The number of oxazole rings is 1. The zero-order chi connectivity index (χ0) is 25.3. The number of benzene rings is 2. The Morgan fingerprint density at radius 2 is 1.67 bits per heavy atom. The van der Waals surface area contributed by atoms with Crippen LogP contribution < -0.4 is 5.76 Å². The zero-order valence-corrected chi connectivity index (χ0v) is 21.5. The zero-order valence-electron chi connectivity index (χ0n) is 20.6. The van der Waals surface area contributed by atoms with Crippen LogP contribution in [0.3, 0.4) is 0 Å². The Balaban J connectivity index is 1.25. The molecule has 0 unspecified atom stereocenters. The summed E-state index contributed by atoms with van der Waals surface area (Å²) in [5.41, 5.74) is 1.93. The third-order valence-corrected chi connectivity index (χ3v) is 9.54. The van der Waals surface area contributed by atoms with E-state index in [1.165, 1.54) is 26.6 Å². The number of rotatable bonds is 6. The Morgan fingerprint density at radius 3 is 2.36 bits per heavy atom. The van der Waals surface area contributed by atoms with Gasteiger partial charge in [0, 0.05) is 32.2 Å². The fraction of sp³-hybridized carbons (Fsp3) is 0.481. The molecule has 1 amide bonds. The van der Waals surface area contributed by atoms with Crippen molar-refractivity contribution in [2.75, 3.05) is 26.2 Å². The molecule has 2 aromatic carbocycles. The van der Waals surface area contributed by atoms with Gasteiger partial charge < -0.3 is 9.32 Å². The molecule has 0 aliphatic carbocycles. The van der Waals surface area contributed by atoms with Crippen LogP contribution in [0.15, 0.2) is 62.6 Å². The van der Waals surface area contributed by atoms with Crippen LogP contribution in [0, 0.1) is 11.8 Å². The summed E-state index contributed by atoms with van der Waals surface area (Å²) in [4.78, 5) is 27.5. The summed E-state index contributed by atoms with van der Waals surface area (Å²) in [6.07, 6.45) is 4.53. The molecule has 2 aliphatic heterocycles. The van der Waals surface area contributed by atoms with E-state index < -0.39 is 15.8 Å². The van der Waals surface area contributed by atoms with Gasteiger partial charge in [-0.2, -0.15) is 4.31 Å². The molecule has 0 atom stereocenters. The summed E-state index contributed by atoms with van der Waals surface area (Å²) in [6.45, 7) is 4.31. The van der Waals surface area contributed by atoms with E-state index in [1.54, 1.807) is 6.07 Å². The first kappa shape index (κ1) is 24.8. The molecule has 0 saturated carbocycles. The molecule has 9 heteroatoms. The molecular formula is C27H33N3O5S. The molecule has 36 heavy (non-hydrogen) atoms. The van der Waals surface area contributed by atoms with Crippen molar-refractivity contribution in [2.45, 2.75) is 50.5 Å². The quantitative estimate of drug-likeness (QED) is 0.505. The Bertz CT molecular complexity index is 1380. The van der Waals surface area contributed by atoms with Crippen LogP contribution in [0.2, 0.25) is 0 Å². The van der Waals surface area contributed by atoms with Gasteiger partial charge in [0.15, 0.2) is 5.58 Å². The van der Waals surface area contributed by atoms with E-state index in [1.807, 2.05) is 23.1 Å². The molecule has 1 aromatic heterocycles. The maximum atomic E-state index is 13.1. The lowest BCUT2D eigenvalue weighted by Crippen LogP contribution is -2.41. The van der Waals surface area contributed by atoms with Gasteiger partial charge in [-0.1, -0.05) is 37.3 Å². The lowest BCUT2D eigenvalue weighted by atomic mass is 9.90. The van der Waals surface area contributed by atoms with Gasteiger partial charge in [-0.3, -0.25) is 9.36 Å². The maximum absolute atomic E-state index is 13.1. The number of carbonyl (C=O) groups is 1. The molecule has 2 fully saturated rings. The monoisotopic (exact) mass is 511 g/mol. The van der Waals surface area contributed by atoms with E-state index >= 15 is 0 Å². The molecule has 2 aliphatic rings. The number of carbonyl (C=O) groups excluding carboxylic acids is 1. The highest BCUT2D eigenvalue weighted by Crippen LogP contribution is 2.26. The van der Waals surface area contributed by atoms with Gasteiger partial charge in [0.2, 0.25) is 15.9 Å². The Hall–Kier alpha value is -2.91. The second-order valence-corrected chi connectivity index (χ2v) is 12.1. The maximum Gasteiger partial charge on any atom is 0.420 e. The number of sulfonamides is 1. The summed E-state index contributed by atoms with van der Waals surface area (Å²) >= 11 is 0. The molecule has 3 heterocycles. The third kappa shape index (κ3) is 5.13. The van der Waals surface area contributed by atoms with Crippen LogP contribution in [0.5, 0.6) is 0 Å². The van der Waals surface area contributed by atoms with Gasteiger partial charge in [-0.25, -0.2) is 13.2 Å². The molecule has 8 nitrogen and oxygen atoms in total. The van der Waals surface area contributed by atoms with Crippen LogP contribution in [0.25, 0.3) is 11.1 Å². The largest absolute Gasteiger partial charge is 0.420 e. The van der Waals surface area contributed by atoms with E-state index in [9.17, 15) is 18.0 Å². The molecule has 0 N–H and O–H groups in total. The topological polar surface area (TPSA) is 92.8 Å². The highest BCUT2D eigenvalue weighted by molar-refractivity contribution is 7.89. The summed E-state index contributed by atoms with van der Waals surface area (Å²) in [6, 6.07) is 14.9. The van der Waals surface area contributed by atoms with Crippen molar-refractivity contribution in [1.29, 1.82) is 0 Å². The van der Waals surface area contributed by atoms with Gasteiger partial charge in [0.05, 0.1) is 10.4 Å². The minimum absolute atomic E-state index is 0.109. The summed E-state index contributed by atoms with van der Waals surface area (Å²) in [5, 5.41) is 0. The number of piperidine rings is 2. The predicted octanol–water partition coefficient (Wildman–Crippen LogP) is 3.50. The fourth-order valence-electron chi connectivity index (χ4n) is 5.30. The normalized spacial score (nSPS) is 18.6. The van der Waals surface area contributed by atoms with E-state index in [0.29, 0.717) is 43.5 Å².